The molecule has 0 unspecified atom stereocenters. The third-order valence-corrected chi connectivity index (χ3v) is 4.66. The third-order valence-electron chi connectivity index (χ3n) is 4.66. The number of hydrogen-bond donors (Lipinski definition) is 1. The third kappa shape index (κ3) is 3.51. The Balaban J connectivity index is 3.14. The summed E-state index contributed by atoms with van der Waals surface area (Å²) in [7, 11) is 0. The van der Waals surface area contributed by atoms with Gasteiger partial charge in [-0.15, -0.1) is 6.58 Å². The quantitative estimate of drug-likeness (QED) is 0.633. The van der Waals surface area contributed by atoms with E-state index in [0.29, 0.717) is 6.42 Å². The van der Waals surface area contributed by atoms with Crippen molar-refractivity contribution in [3.63, 3.8) is 0 Å². The van der Waals surface area contributed by atoms with Crippen LogP contribution in [0.4, 0.5) is 0 Å². The minimum atomic E-state index is -0.893. The van der Waals surface area contributed by atoms with Gasteiger partial charge in [0, 0.05) is 12.8 Å². The second-order valence-electron chi connectivity index (χ2n) is 6.96. The highest BCUT2D eigenvalue weighted by Crippen LogP contribution is 2.50. The summed E-state index contributed by atoms with van der Waals surface area (Å²) in [5, 5.41) is 10.4. The monoisotopic (exact) mass is 280 g/mol. The van der Waals surface area contributed by atoms with Crippen molar-refractivity contribution < 1.29 is 14.6 Å². The highest BCUT2D eigenvalue weighted by molar-refractivity contribution is 5.66. The molecule has 20 heavy (non-hydrogen) atoms. The van der Waals surface area contributed by atoms with Gasteiger partial charge in [-0.05, 0) is 44.9 Å². The molecule has 114 valence electrons. The van der Waals surface area contributed by atoms with E-state index in [1.165, 1.54) is 6.92 Å². The molecule has 1 aliphatic carbocycles. The minimum Gasteiger partial charge on any atom is -0.462 e. The summed E-state index contributed by atoms with van der Waals surface area (Å²) in [5.74, 6) is -0.159. The Bertz CT molecular complexity index is 405. The molecule has 1 fully saturated rings. The number of allylic oxidation sites excluding steroid dienone is 2. The van der Waals surface area contributed by atoms with Crippen LogP contribution < -0.4 is 0 Å². The van der Waals surface area contributed by atoms with E-state index in [4.69, 9.17) is 4.74 Å². The van der Waals surface area contributed by atoms with Gasteiger partial charge in [0.2, 0.25) is 0 Å². The summed E-state index contributed by atoms with van der Waals surface area (Å²) in [6.07, 6.45) is 3.07. The molecule has 1 saturated carbocycles. The summed E-state index contributed by atoms with van der Waals surface area (Å²) in [6, 6.07) is 0. The van der Waals surface area contributed by atoms with Crippen LogP contribution in [0, 0.1) is 17.3 Å². The molecule has 3 nitrogen and oxygen atoms in total. The van der Waals surface area contributed by atoms with Gasteiger partial charge in [-0.3, -0.25) is 4.79 Å². The number of rotatable bonds is 4. The van der Waals surface area contributed by atoms with Gasteiger partial charge in [-0.1, -0.05) is 25.2 Å². The molecule has 1 rings (SSSR count). The second kappa shape index (κ2) is 5.72. The molecule has 3 heteroatoms. The van der Waals surface area contributed by atoms with Gasteiger partial charge in [-0.2, -0.15) is 0 Å². The fourth-order valence-corrected chi connectivity index (χ4v) is 3.46. The lowest BCUT2D eigenvalue weighted by molar-refractivity contribution is -0.164. The van der Waals surface area contributed by atoms with Crippen molar-refractivity contribution in [2.45, 2.75) is 59.2 Å². The predicted octanol–water partition coefficient (Wildman–Crippen LogP) is 3.48. The Morgan fingerprint density at radius 2 is 2.00 bits per heavy atom. The zero-order chi connectivity index (χ0) is 15.7. The van der Waals surface area contributed by atoms with Crippen molar-refractivity contribution in [2.24, 2.45) is 17.3 Å². The fourth-order valence-electron chi connectivity index (χ4n) is 3.46. The van der Waals surface area contributed by atoms with Crippen LogP contribution in [0.1, 0.15) is 47.5 Å². The smallest absolute Gasteiger partial charge is 0.302 e. The lowest BCUT2D eigenvalue weighted by atomic mass is 9.58. The van der Waals surface area contributed by atoms with Gasteiger partial charge in [0.25, 0.3) is 0 Å². The summed E-state index contributed by atoms with van der Waals surface area (Å²) < 4.78 is 5.48. The van der Waals surface area contributed by atoms with Crippen LogP contribution in [0.5, 0.6) is 0 Å². The van der Waals surface area contributed by atoms with Crippen molar-refractivity contribution in [1.29, 1.82) is 0 Å². The van der Waals surface area contributed by atoms with Crippen LogP contribution in [0.25, 0.3) is 0 Å². The number of carbonyl (C=O) groups excluding carboxylic acids is 1. The van der Waals surface area contributed by atoms with E-state index in [1.807, 2.05) is 13.0 Å². The SMILES string of the molecule is C=C[C@]1(C)C[C@H](OC(C)=O)[C@@H](C(C)(C)O)C[C@H]1C(=C)C. The largest absolute Gasteiger partial charge is 0.462 e. The molecular formula is C17H28O3. The topological polar surface area (TPSA) is 46.5 Å². The van der Waals surface area contributed by atoms with Crippen LogP contribution >= 0.6 is 0 Å². The Morgan fingerprint density at radius 3 is 2.35 bits per heavy atom. The van der Waals surface area contributed by atoms with Crippen LogP contribution in [0.15, 0.2) is 24.8 Å². The standard InChI is InChI=1S/C17H28O3/c1-8-17(7)10-15(20-12(4)18)14(16(5,6)19)9-13(17)11(2)3/h8,13-15,19H,1-2,9-10H2,3-7H3/t13-,14-,15-,17+/m0/s1. The van der Waals surface area contributed by atoms with E-state index < -0.39 is 5.60 Å². The zero-order valence-corrected chi connectivity index (χ0v) is 13.4. The maximum Gasteiger partial charge on any atom is 0.302 e. The first-order valence-corrected chi connectivity index (χ1v) is 7.20. The molecule has 1 N–H and O–H groups in total. The molecule has 0 amide bonds. The Labute approximate surface area is 122 Å². The van der Waals surface area contributed by atoms with Gasteiger partial charge in [-0.25, -0.2) is 0 Å². The first-order valence-electron chi connectivity index (χ1n) is 7.20. The molecule has 4 atom stereocenters. The van der Waals surface area contributed by atoms with Crippen molar-refractivity contribution in [3.05, 3.63) is 24.8 Å². The molecule has 0 bridgehead atoms. The zero-order valence-electron chi connectivity index (χ0n) is 13.4. The van der Waals surface area contributed by atoms with Gasteiger partial charge < -0.3 is 9.84 Å². The molecule has 0 radical (unpaired) electrons. The summed E-state index contributed by atoms with van der Waals surface area (Å²) in [5.41, 5.74) is 0.0345. The number of hydrogen-bond acceptors (Lipinski definition) is 3. The van der Waals surface area contributed by atoms with Crippen LogP contribution in [-0.4, -0.2) is 22.8 Å². The van der Waals surface area contributed by atoms with Crippen molar-refractivity contribution in [2.75, 3.05) is 0 Å². The van der Waals surface area contributed by atoms with Crippen molar-refractivity contribution >= 4 is 5.97 Å². The van der Waals surface area contributed by atoms with Crippen LogP contribution in [0.3, 0.4) is 0 Å². The molecule has 0 aromatic heterocycles. The lowest BCUT2D eigenvalue weighted by Crippen LogP contribution is -2.50. The highest BCUT2D eigenvalue weighted by atomic mass is 16.5. The van der Waals surface area contributed by atoms with E-state index in [-0.39, 0.29) is 29.3 Å². The van der Waals surface area contributed by atoms with E-state index in [9.17, 15) is 9.90 Å². The van der Waals surface area contributed by atoms with E-state index in [1.54, 1.807) is 13.8 Å². The molecular weight excluding hydrogens is 252 g/mol. The number of ether oxygens (including phenoxy) is 1. The first kappa shape index (κ1) is 17.0. The Kier molecular flexibility index (Phi) is 4.86. The average molecular weight is 280 g/mol. The maximum atomic E-state index is 11.4. The molecule has 0 aromatic carbocycles. The van der Waals surface area contributed by atoms with E-state index in [2.05, 4.69) is 20.1 Å². The van der Waals surface area contributed by atoms with Crippen LogP contribution in [0.2, 0.25) is 0 Å². The normalized spacial score (nSPS) is 34.4. The molecule has 0 heterocycles. The summed E-state index contributed by atoms with van der Waals surface area (Å²) in [6.45, 7) is 17.1. The Morgan fingerprint density at radius 1 is 1.45 bits per heavy atom. The molecule has 1 aliphatic rings. The summed E-state index contributed by atoms with van der Waals surface area (Å²) >= 11 is 0. The number of carbonyl (C=O) groups is 1. The van der Waals surface area contributed by atoms with Gasteiger partial charge >= 0.3 is 5.97 Å². The maximum absolute atomic E-state index is 11.4. The van der Waals surface area contributed by atoms with Crippen molar-refractivity contribution in [1.82, 2.24) is 0 Å². The predicted molar refractivity (Wildman–Crippen MR) is 81.2 cm³/mol. The lowest BCUT2D eigenvalue weighted by Gasteiger charge is -2.49. The Hall–Kier alpha value is -1.09. The minimum absolute atomic E-state index is 0.0962. The number of esters is 1. The molecule has 0 aliphatic heterocycles. The average Bonchev–Trinajstić information content (AvgIpc) is 2.25. The second-order valence-corrected chi connectivity index (χ2v) is 6.96. The fraction of sp³-hybridized carbons (Fsp3) is 0.706. The van der Waals surface area contributed by atoms with Crippen molar-refractivity contribution in [3.8, 4) is 0 Å². The highest BCUT2D eigenvalue weighted by Gasteiger charge is 2.49. The summed E-state index contributed by atoms with van der Waals surface area (Å²) in [4.78, 5) is 11.4. The van der Waals surface area contributed by atoms with E-state index in [0.717, 1.165) is 12.0 Å². The van der Waals surface area contributed by atoms with Gasteiger partial charge in [0.15, 0.2) is 0 Å². The molecule has 0 saturated heterocycles. The van der Waals surface area contributed by atoms with Gasteiger partial charge in [0.05, 0.1) is 5.60 Å². The van der Waals surface area contributed by atoms with Crippen LogP contribution in [-0.2, 0) is 9.53 Å². The van der Waals surface area contributed by atoms with E-state index >= 15 is 0 Å². The first-order chi connectivity index (χ1) is 9.01. The van der Waals surface area contributed by atoms with Gasteiger partial charge in [0.1, 0.15) is 6.10 Å². The molecule has 0 spiro atoms. The molecule has 0 aromatic rings. The number of aliphatic hydroxyl groups is 1.